The monoisotopic (exact) mass is 535 g/mol. The summed E-state index contributed by atoms with van der Waals surface area (Å²) < 4.78 is 15.7. The number of unbranched alkanes of at least 4 members (excludes halogenated alkanes) is 18. The van der Waals surface area contributed by atoms with Gasteiger partial charge < -0.3 is 20.2 Å². The number of carbonyl (C=O) groups excluding carboxylic acids is 1. The zero-order chi connectivity index (χ0) is 26.9. The number of hydrogen-bond acceptors (Lipinski definition) is 4. The maximum atomic E-state index is 12.4. The molecule has 0 unspecified atom stereocenters. The lowest BCUT2D eigenvalue weighted by Gasteiger charge is -2.24. The molecule has 0 aromatic carbocycles. The molecule has 2 atom stereocenters. The SMILES string of the molecule is CCCCCCCCCCCCC(=O)N[C@@H](COP(=O)(O)O)[C@H](O)CCCCCCCCCCCC. The molecule has 0 aromatic rings. The molecule has 0 saturated carbocycles. The average molecular weight is 536 g/mol. The van der Waals surface area contributed by atoms with E-state index in [0.29, 0.717) is 12.8 Å². The van der Waals surface area contributed by atoms with Gasteiger partial charge in [-0.05, 0) is 12.8 Å². The van der Waals surface area contributed by atoms with Gasteiger partial charge in [0.25, 0.3) is 0 Å². The van der Waals surface area contributed by atoms with Gasteiger partial charge in [-0.3, -0.25) is 9.32 Å². The Morgan fingerprint density at radius 1 is 0.694 bits per heavy atom. The topological polar surface area (TPSA) is 116 Å². The van der Waals surface area contributed by atoms with Crippen LogP contribution in [0.1, 0.15) is 155 Å². The molecule has 0 aliphatic carbocycles. The zero-order valence-electron chi connectivity index (χ0n) is 23.4. The molecule has 216 valence electrons. The molecule has 0 aliphatic rings. The van der Waals surface area contributed by atoms with Crippen molar-refractivity contribution in [1.29, 1.82) is 0 Å². The van der Waals surface area contributed by atoms with Gasteiger partial charge in [-0.15, -0.1) is 0 Å². The standard InChI is InChI=1S/C28H58NO6P/c1-3-5-7-9-11-13-15-17-19-21-23-27(30)26(25-35-36(32,33)34)29-28(31)24-22-20-18-16-14-12-10-8-6-4-2/h26-27,30H,3-25H2,1-2H3,(H,29,31)(H2,32,33,34)/t26-,27+/m0/s1. The first-order valence-corrected chi connectivity index (χ1v) is 16.5. The molecule has 0 heterocycles. The third-order valence-corrected chi connectivity index (χ3v) is 7.33. The summed E-state index contributed by atoms with van der Waals surface area (Å²) in [6, 6.07) is -0.813. The van der Waals surface area contributed by atoms with Crippen LogP contribution in [0.2, 0.25) is 0 Å². The first-order chi connectivity index (χ1) is 17.3. The average Bonchev–Trinajstić information content (AvgIpc) is 2.83. The normalized spacial score (nSPS) is 13.6. The summed E-state index contributed by atoms with van der Waals surface area (Å²) in [5.74, 6) is -0.198. The molecule has 1 amide bonds. The number of amides is 1. The van der Waals surface area contributed by atoms with Gasteiger partial charge in [-0.2, -0.15) is 0 Å². The number of phosphoric acid groups is 1. The van der Waals surface area contributed by atoms with Crippen molar-refractivity contribution >= 4 is 13.7 Å². The van der Waals surface area contributed by atoms with Crippen LogP contribution in [0.25, 0.3) is 0 Å². The maximum absolute atomic E-state index is 12.4. The van der Waals surface area contributed by atoms with Crippen LogP contribution in [0.4, 0.5) is 0 Å². The van der Waals surface area contributed by atoms with Gasteiger partial charge in [0.15, 0.2) is 0 Å². The van der Waals surface area contributed by atoms with Crippen LogP contribution in [0, 0.1) is 0 Å². The van der Waals surface area contributed by atoms with E-state index >= 15 is 0 Å². The van der Waals surface area contributed by atoms with Gasteiger partial charge in [0.2, 0.25) is 5.91 Å². The number of rotatable bonds is 27. The van der Waals surface area contributed by atoms with Gasteiger partial charge >= 0.3 is 7.82 Å². The molecule has 0 aromatic heterocycles. The smallest absolute Gasteiger partial charge is 0.391 e. The molecular weight excluding hydrogens is 477 g/mol. The van der Waals surface area contributed by atoms with Crippen molar-refractivity contribution < 1.29 is 28.8 Å². The zero-order valence-corrected chi connectivity index (χ0v) is 24.3. The molecule has 0 rings (SSSR count). The number of carbonyl (C=O) groups is 1. The highest BCUT2D eigenvalue weighted by Crippen LogP contribution is 2.36. The highest BCUT2D eigenvalue weighted by atomic mass is 31.2. The second-order valence-electron chi connectivity index (χ2n) is 10.4. The fourth-order valence-electron chi connectivity index (χ4n) is 4.52. The van der Waals surface area contributed by atoms with E-state index in [2.05, 4.69) is 23.7 Å². The Labute approximate surface area is 221 Å². The fraction of sp³-hybridized carbons (Fsp3) is 0.964. The van der Waals surface area contributed by atoms with Crippen molar-refractivity contribution in [2.75, 3.05) is 6.61 Å². The molecule has 36 heavy (non-hydrogen) atoms. The van der Waals surface area contributed by atoms with E-state index in [1.165, 1.54) is 89.9 Å². The molecule has 8 heteroatoms. The quantitative estimate of drug-likeness (QED) is 0.0637. The van der Waals surface area contributed by atoms with Crippen LogP contribution in [-0.2, 0) is 13.9 Å². The van der Waals surface area contributed by atoms with Crippen molar-refractivity contribution in [3.63, 3.8) is 0 Å². The van der Waals surface area contributed by atoms with Crippen molar-refractivity contribution in [1.82, 2.24) is 5.32 Å². The van der Waals surface area contributed by atoms with Gasteiger partial charge in [0.05, 0.1) is 18.8 Å². The van der Waals surface area contributed by atoms with Gasteiger partial charge in [0, 0.05) is 6.42 Å². The minimum atomic E-state index is -4.67. The Balaban J connectivity index is 4.10. The van der Waals surface area contributed by atoms with E-state index < -0.39 is 26.6 Å². The molecule has 0 fully saturated rings. The number of nitrogens with one attached hydrogen (secondary N) is 1. The molecule has 4 N–H and O–H groups in total. The molecule has 0 bridgehead atoms. The van der Waals surface area contributed by atoms with E-state index in [0.717, 1.165) is 38.5 Å². The Bertz CT molecular complexity index is 542. The Hall–Kier alpha value is -0.460. The molecule has 7 nitrogen and oxygen atoms in total. The second-order valence-corrected chi connectivity index (χ2v) is 11.7. The molecule has 0 aliphatic heterocycles. The van der Waals surface area contributed by atoms with E-state index in [1.807, 2.05) is 0 Å². The van der Waals surface area contributed by atoms with Crippen LogP contribution in [0.3, 0.4) is 0 Å². The van der Waals surface area contributed by atoms with Crippen LogP contribution in [0.15, 0.2) is 0 Å². The summed E-state index contributed by atoms with van der Waals surface area (Å²) in [6.07, 6.45) is 23.7. The third kappa shape index (κ3) is 25.2. The summed E-state index contributed by atoms with van der Waals surface area (Å²) in [4.78, 5) is 30.5. The fourth-order valence-corrected chi connectivity index (χ4v) is 4.88. The first kappa shape index (κ1) is 35.5. The van der Waals surface area contributed by atoms with Crippen molar-refractivity contribution in [2.24, 2.45) is 0 Å². The lowest BCUT2D eigenvalue weighted by Crippen LogP contribution is -2.46. The summed E-state index contributed by atoms with van der Waals surface area (Å²) in [5.41, 5.74) is 0. The summed E-state index contributed by atoms with van der Waals surface area (Å²) in [5, 5.41) is 13.3. The lowest BCUT2D eigenvalue weighted by atomic mass is 10.0. The molecule has 0 saturated heterocycles. The van der Waals surface area contributed by atoms with E-state index in [9.17, 15) is 14.5 Å². The molecule has 0 radical (unpaired) electrons. The number of phosphoric ester groups is 1. The van der Waals surface area contributed by atoms with Gasteiger partial charge in [-0.25, -0.2) is 4.57 Å². The highest BCUT2D eigenvalue weighted by Gasteiger charge is 2.25. The lowest BCUT2D eigenvalue weighted by molar-refractivity contribution is -0.123. The van der Waals surface area contributed by atoms with Crippen molar-refractivity contribution in [2.45, 2.75) is 167 Å². The summed E-state index contributed by atoms with van der Waals surface area (Å²) >= 11 is 0. The van der Waals surface area contributed by atoms with E-state index in [1.54, 1.807) is 0 Å². The predicted octanol–water partition coefficient (Wildman–Crippen LogP) is 7.56. The van der Waals surface area contributed by atoms with Gasteiger partial charge in [0.1, 0.15) is 0 Å². The van der Waals surface area contributed by atoms with E-state index in [4.69, 9.17) is 9.79 Å². The predicted molar refractivity (Wildman–Crippen MR) is 149 cm³/mol. The maximum Gasteiger partial charge on any atom is 0.469 e. The number of hydrogen-bond donors (Lipinski definition) is 4. The van der Waals surface area contributed by atoms with Crippen LogP contribution < -0.4 is 5.32 Å². The Morgan fingerprint density at radius 2 is 1.08 bits per heavy atom. The number of aliphatic hydroxyl groups is 1. The van der Waals surface area contributed by atoms with Crippen molar-refractivity contribution in [3.8, 4) is 0 Å². The minimum Gasteiger partial charge on any atom is -0.391 e. The van der Waals surface area contributed by atoms with E-state index in [-0.39, 0.29) is 5.91 Å². The summed E-state index contributed by atoms with van der Waals surface area (Å²) in [6.45, 7) is 4.05. The van der Waals surface area contributed by atoms with Crippen molar-refractivity contribution in [3.05, 3.63) is 0 Å². The first-order valence-electron chi connectivity index (χ1n) is 15.0. The second kappa shape index (κ2) is 24.9. The largest absolute Gasteiger partial charge is 0.469 e. The minimum absolute atomic E-state index is 0.198. The third-order valence-electron chi connectivity index (χ3n) is 6.84. The number of aliphatic hydroxyl groups excluding tert-OH is 1. The Kier molecular flexibility index (Phi) is 24.5. The highest BCUT2D eigenvalue weighted by molar-refractivity contribution is 7.46. The van der Waals surface area contributed by atoms with Gasteiger partial charge in [-0.1, -0.05) is 136 Å². The van der Waals surface area contributed by atoms with Crippen LogP contribution in [0.5, 0.6) is 0 Å². The molecular formula is C28H58NO6P. The van der Waals surface area contributed by atoms with Crippen LogP contribution >= 0.6 is 7.82 Å². The Morgan fingerprint density at radius 3 is 1.50 bits per heavy atom. The summed E-state index contributed by atoms with van der Waals surface area (Å²) in [7, 11) is -4.67. The van der Waals surface area contributed by atoms with Crippen LogP contribution in [-0.4, -0.2) is 39.6 Å². The molecule has 0 spiro atoms.